The van der Waals surface area contributed by atoms with E-state index in [-0.39, 0.29) is 11.1 Å². The summed E-state index contributed by atoms with van der Waals surface area (Å²) in [5, 5.41) is 16.9. The van der Waals surface area contributed by atoms with Crippen molar-refractivity contribution in [2.24, 2.45) is 0 Å². The highest BCUT2D eigenvalue weighted by Gasteiger charge is 2.05. The van der Waals surface area contributed by atoms with Crippen LogP contribution in [0.15, 0.2) is 66.7 Å². The van der Waals surface area contributed by atoms with Gasteiger partial charge >= 0.3 is 11.9 Å². The molecule has 0 amide bonds. The van der Waals surface area contributed by atoms with E-state index in [9.17, 15) is 9.59 Å². The Balaban J connectivity index is 0.000000209. The summed E-state index contributed by atoms with van der Waals surface area (Å²) >= 11 is 0. The fourth-order valence-electron chi connectivity index (χ4n) is 2.66. The second-order valence-corrected chi connectivity index (χ2v) is 6.41. The van der Waals surface area contributed by atoms with Crippen LogP contribution < -0.4 is 5.73 Å². The lowest BCUT2D eigenvalue weighted by Crippen LogP contribution is -1.99. The van der Waals surface area contributed by atoms with Crippen LogP contribution in [0.25, 0.3) is 0 Å². The maximum absolute atomic E-state index is 10.3. The SMILES string of the molecule is Cc1c(N)ccc(Cc2ccccc2)c1C.O=C(O)c1ccc(C(=O)O)cc1. The molecule has 3 rings (SSSR count). The van der Waals surface area contributed by atoms with E-state index in [1.165, 1.54) is 46.5 Å². The molecule has 3 aromatic rings. The van der Waals surface area contributed by atoms with E-state index in [1.807, 2.05) is 12.1 Å². The molecule has 3 aromatic carbocycles. The van der Waals surface area contributed by atoms with Gasteiger partial charge in [-0.2, -0.15) is 0 Å². The quantitative estimate of drug-likeness (QED) is 0.579. The first kappa shape index (κ1) is 20.7. The van der Waals surface area contributed by atoms with E-state index in [1.54, 1.807) is 0 Å². The minimum Gasteiger partial charge on any atom is -0.478 e. The number of nitrogen functional groups attached to an aromatic ring is 1. The molecule has 0 aromatic heterocycles. The Hall–Kier alpha value is -3.60. The highest BCUT2D eigenvalue weighted by molar-refractivity contribution is 5.91. The molecule has 0 atom stereocenters. The van der Waals surface area contributed by atoms with Crippen molar-refractivity contribution in [3.8, 4) is 0 Å². The molecule has 0 aliphatic carbocycles. The van der Waals surface area contributed by atoms with E-state index < -0.39 is 11.9 Å². The molecule has 0 fully saturated rings. The van der Waals surface area contributed by atoms with Crippen LogP contribution in [0.4, 0.5) is 5.69 Å². The minimum atomic E-state index is -1.06. The van der Waals surface area contributed by atoms with Gasteiger partial charge in [-0.1, -0.05) is 36.4 Å². The third kappa shape index (κ3) is 5.45. The zero-order chi connectivity index (χ0) is 20.7. The minimum absolute atomic E-state index is 0.0833. The predicted octanol–water partition coefficient (Wildman–Crippen LogP) is 4.56. The number of aromatic carboxylic acids is 2. The molecule has 144 valence electrons. The van der Waals surface area contributed by atoms with Gasteiger partial charge in [0, 0.05) is 5.69 Å². The number of rotatable bonds is 4. The summed E-state index contributed by atoms with van der Waals surface area (Å²) in [5.41, 5.74) is 12.1. The first-order chi connectivity index (χ1) is 13.3. The second kappa shape index (κ2) is 9.37. The molecule has 0 saturated heterocycles. The third-order valence-corrected chi connectivity index (χ3v) is 4.56. The first-order valence-corrected chi connectivity index (χ1v) is 8.74. The first-order valence-electron chi connectivity index (χ1n) is 8.74. The monoisotopic (exact) mass is 377 g/mol. The molecule has 0 heterocycles. The highest BCUT2D eigenvalue weighted by atomic mass is 16.4. The van der Waals surface area contributed by atoms with Gasteiger partial charge < -0.3 is 15.9 Å². The summed E-state index contributed by atoms with van der Waals surface area (Å²) in [6, 6.07) is 19.7. The van der Waals surface area contributed by atoms with Gasteiger partial charge in [0.15, 0.2) is 0 Å². The van der Waals surface area contributed by atoms with Crippen LogP contribution in [0.5, 0.6) is 0 Å². The molecule has 0 spiro atoms. The number of carboxylic acid groups (broad SMARTS) is 2. The lowest BCUT2D eigenvalue weighted by molar-refractivity contribution is 0.0681. The van der Waals surface area contributed by atoms with Crippen LogP contribution >= 0.6 is 0 Å². The molecule has 0 saturated carbocycles. The number of carbonyl (C=O) groups is 2. The third-order valence-electron chi connectivity index (χ3n) is 4.56. The number of hydrogen-bond acceptors (Lipinski definition) is 3. The summed E-state index contributed by atoms with van der Waals surface area (Å²) in [7, 11) is 0. The van der Waals surface area contributed by atoms with E-state index in [0.29, 0.717) is 0 Å². The average Bonchev–Trinajstić information content (AvgIpc) is 2.70. The van der Waals surface area contributed by atoms with E-state index in [2.05, 4.69) is 44.2 Å². The average molecular weight is 377 g/mol. The van der Waals surface area contributed by atoms with E-state index >= 15 is 0 Å². The van der Waals surface area contributed by atoms with Crippen molar-refractivity contribution in [3.05, 3.63) is 100 Å². The number of carboxylic acids is 2. The fourth-order valence-corrected chi connectivity index (χ4v) is 2.66. The van der Waals surface area contributed by atoms with Crippen molar-refractivity contribution in [2.75, 3.05) is 5.73 Å². The highest BCUT2D eigenvalue weighted by Crippen LogP contribution is 2.21. The predicted molar refractivity (Wildman–Crippen MR) is 110 cm³/mol. The van der Waals surface area contributed by atoms with Gasteiger partial charge in [0.05, 0.1) is 11.1 Å². The topological polar surface area (TPSA) is 101 Å². The normalized spacial score (nSPS) is 9.93. The zero-order valence-corrected chi connectivity index (χ0v) is 15.8. The number of hydrogen-bond donors (Lipinski definition) is 3. The number of anilines is 1. The summed E-state index contributed by atoms with van der Waals surface area (Å²) < 4.78 is 0. The van der Waals surface area contributed by atoms with Gasteiger partial charge in [-0.05, 0) is 72.9 Å². The molecule has 4 N–H and O–H groups in total. The summed E-state index contributed by atoms with van der Waals surface area (Å²) in [5.74, 6) is -2.13. The van der Waals surface area contributed by atoms with Crippen LogP contribution in [-0.2, 0) is 6.42 Å². The van der Waals surface area contributed by atoms with Crippen LogP contribution in [0.2, 0.25) is 0 Å². The zero-order valence-electron chi connectivity index (χ0n) is 15.8. The molecular weight excluding hydrogens is 354 g/mol. The molecule has 28 heavy (non-hydrogen) atoms. The molecule has 5 heteroatoms. The second-order valence-electron chi connectivity index (χ2n) is 6.41. The Kier molecular flexibility index (Phi) is 6.93. The molecule has 0 radical (unpaired) electrons. The molecule has 0 aliphatic heterocycles. The molecular formula is C23H23NO4. The van der Waals surface area contributed by atoms with Crippen LogP contribution in [0.1, 0.15) is 43.0 Å². The Morgan fingerprint density at radius 1 is 0.750 bits per heavy atom. The Labute approximate surface area is 164 Å². The van der Waals surface area contributed by atoms with Crippen molar-refractivity contribution < 1.29 is 19.8 Å². The smallest absolute Gasteiger partial charge is 0.335 e. The molecule has 0 unspecified atom stereocenters. The summed E-state index contributed by atoms with van der Waals surface area (Å²) in [6.07, 6.45) is 0.980. The molecule has 0 bridgehead atoms. The fraction of sp³-hybridized carbons (Fsp3) is 0.130. The standard InChI is InChI=1S/C15H17N.C8H6O4/c1-11-12(2)15(16)9-8-14(11)10-13-6-4-3-5-7-13;9-7(10)5-1-2-6(4-3-5)8(11)12/h3-9H,10,16H2,1-2H3;1-4H,(H,9,10)(H,11,12). The van der Waals surface area contributed by atoms with Gasteiger partial charge in [0.1, 0.15) is 0 Å². The van der Waals surface area contributed by atoms with Crippen LogP contribution in [0.3, 0.4) is 0 Å². The number of benzene rings is 3. The molecule has 0 aliphatic rings. The lowest BCUT2D eigenvalue weighted by atomic mass is 9.96. The van der Waals surface area contributed by atoms with Gasteiger partial charge in [0.25, 0.3) is 0 Å². The van der Waals surface area contributed by atoms with Crippen molar-refractivity contribution in [3.63, 3.8) is 0 Å². The number of nitrogens with two attached hydrogens (primary N) is 1. The summed E-state index contributed by atoms with van der Waals surface area (Å²) in [6.45, 7) is 4.23. The summed E-state index contributed by atoms with van der Waals surface area (Å²) in [4.78, 5) is 20.7. The van der Waals surface area contributed by atoms with Gasteiger partial charge in [0.2, 0.25) is 0 Å². The van der Waals surface area contributed by atoms with Gasteiger partial charge in [-0.15, -0.1) is 0 Å². The maximum atomic E-state index is 10.3. The Morgan fingerprint density at radius 2 is 1.25 bits per heavy atom. The van der Waals surface area contributed by atoms with Crippen molar-refractivity contribution in [2.45, 2.75) is 20.3 Å². The van der Waals surface area contributed by atoms with Crippen LogP contribution in [0, 0.1) is 13.8 Å². The van der Waals surface area contributed by atoms with E-state index in [0.717, 1.165) is 12.1 Å². The lowest BCUT2D eigenvalue weighted by Gasteiger charge is -2.11. The molecule has 5 nitrogen and oxygen atoms in total. The largest absolute Gasteiger partial charge is 0.478 e. The van der Waals surface area contributed by atoms with Gasteiger partial charge in [-0.3, -0.25) is 0 Å². The maximum Gasteiger partial charge on any atom is 0.335 e. The van der Waals surface area contributed by atoms with Crippen molar-refractivity contribution >= 4 is 17.6 Å². The Bertz CT molecular complexity index is 931. The Morgan fingerprint density at radius 3 is 1.71 bits per heavy atom. The van der Waals surface area contributed by atoms with Crippen molar-refractivity contribution in [1.82, 2.24) is 0 Å². The van der Waals surface area contributed by atoms with Gasteiger partial charge in [-0.25, -0.2) is 9.59 Å². The van der Waals surface area contributed by atoms with Crippen LogP contribution in [-0.4, -0.2) is 22.2 Å². The van der Waals surface area contributed by atoms with E-state index in [4.69, 9.17) is 15.9 Å². The van der Waals surface area contributed by atoms with Crippen molar-refractivity contribution in [1.29, 1.82) is 0 Å².